The molecule has 2 nitrogen and oxygen atoms in total. The van der Waals surface area contributed by atoms with E-state index in [2.05, 4.69) is 4.90 Å². The van der Waals surface area contributed by atoms with Gasteiger partial charge in [-0.15, -0.1) is 0 Å². The summed E-state index contributed by atoms with van der Waals surface area (Å²) in [5.74, 6) is 2.57. The maximum atomic E-state index is 5.79. The minimum absolute atomic E-state index is 0.527. The molecule has 0 aromatic heterocycles. The highest BCUT2D eigenvalue weighted by Crippen LogP contribution is 2.45. The van der Waals surface area contributed by atoms with E-state index in [0.29, 0.717) is 5.41 Å². The second kappa shape index (κ2) is 4.43. The van der Waals surface area contributed by atoms with E-state index in [1.165, 1.54) is 44.0 Å². The second-order valence-electron chi connectivity index (χ2n) is 4.12. The van der Waals surface area contributed by atoms with Gasteiger partial charge in [0.1, 0.15) is 0 Å². The van der Waals surface area contributed by atoms with Crippen molar-refractivity contribution in [3.63, 3.8) is 0 Å². The Labute approximate surface area is 88.4 Å². The van der Waals surface area contributed by atoms with Gasteiger partial charge in [-0.05, 0) is 24.8 Å². The van der Waals surface area contributed by atoms with Crippen LogP contribution >= 0.6 is 21.6 Å². The van der Waals surface area contributed by atoms with E-state index in [9.17, 15) is 0 Å². The predicted molar refractivity (Wildman–Crippen MR) is 62.1 cm³/mol. The van der Waals surface area contributed by atoms with E-state index in [-0.39, 0.29) is 0 Å². The molecule has 0 bridgehead atoms. The van der Waals surface area contributed by atoms with Gasteiger partial charge in [-0.25, -0.2) is 0 Å². The van der Waals surface area contributed by atoms with E-state index in [0.717, 1.165) is 6.54 Å². The molecule has 1 heterocycles. The van der Waals surface area contributed by atoms with Crippen LogP contribution in [-0.4, -0.2) is 42.6 Å². The molecule has 13 heavy (non-hydrogen) atoms. The van der Waals surface area contributed by atoms with Gasteiger partial charge < -0.3 is 10.6 Å². The van der Waals surface area contributed by atoms with Crippen molar-refractivity contribution in [2.24, 2.45) is 11.1 Å². The van der Waals surface area contributed by atoms with Crippen LogP contribution in [0.25, 0.3) is 0 Å². The highest BCUT2D eigenvalue weighted by Gasteiger charge is 2.42. The minimum Gasteiger partial charge on any atom is -0.330 e. The largest absolute Gasteiger partial charge is 0.330 e. The number of hydrogen-bond donors (Lipinski definition) is 1. The van der Waals surface area contributed by atoms with Crippen molar-refractivity contribution >= 4 is 21.6 Å². The normalized spacial score (nSPS) is 28.4. The van der Waals surface area contributed by atoms with E-state index >= 15 is 0 Å². The third-order valence-corrected chi connectivity index (χ3v) is 5.38. The molecule has 1 aliphatic carbocycles. The molecule has 0 radical (unpaired) electrons. The fraction of sp³-hybridized carbons (Fsp3) is 1.00. The number of hydrogen-bond acceptors (Lipinski definition) is 4. The number of nitrogens with zero attached hydrogens (tertiary/aromatic N) is 1. The molecule has 1 saturated heterocycles. The summed E-state index contributed by atoms with van der Waals surface area (Å²) in [7, 11) is 4.03. The lowest BCUT2D eigenvalue weighted by Gasteiger charge is -2.24. The molecule has 0 amide bonds. The van der Waals surface area contributed by atoms with Gasteiger partial charge in [-0.3, -0.25) is 0 Å². The zero-order chi connectivity index (χ0) is 9.15. The Hall–Kier alpha value is 0.620. The molecule has 4 heteroatoms. The van der Waals surface area contributed by atoms with Crippen LogP contribution in [0.5, 0.6) is 0 Å². The monoisotopic (exact) mass is 218 g/mol. The molecule has 1 aliphatic heterocycles. The zero-order valence-corrected chi connectivity index (χ0v) is 9.63. The van der Waals surface area contributed by atoms with Gasteiger partial charge >= 0.3 is 0 Å². The lowest BCUT2D eigenvalue weighted by molar-refractivity contribution is 0.248. The Bertz CT molecular complexity index is 163. The summed E-state index contributed by atoms with van der Waals surface area (Å²) in [5, 5.41) is 0. The third-order valence-electron chi connectivity index (χ3n) is 3.01. The van der Waals surface area contributed by atoms with E-state index in [4.69, 9.17) is 5.73 Å². The van der Waals surface area contributed by atoms with Gasteiger partial charge in [0.15, 0.2) is 0 Å². The fourth-order valence-corrected chi connectivity index (χ4v) is 3.85. The van der Waals surface area contributed by atoms with Gasteiger partial charge in [0, 0.05) is 31.1 Å². The van der Waals surface area contributed by atoms with Crippen molar-refractivity contribution in [2.45, 2.75) is 12.8 Å². The van der Waals surface area contributed by atoms with Crippen LogP contribution in [-0.2, 0) is 0 Å². The first kappa shape index (κ1) is 10.1. The molecule has 0 atom stereocenters. The molecule has 2 fully saturated rings. The van der Waals surface area contributed by atoms with Gasteiger partial charge in [0.25, 0.3) is 0 Å². The Balaban J connectivity index is 1.79. The molecule has 2 aliphatic rings. The molecule has 0 unspecified atom stereocenters. The molecular formula is C9H18N2S2. The van der Waals surface area contributed by atoms with E-state index < -0.39 is 0 Å². The standard InChI is InChI=1S/C9H18N2S2/c10-7-9(1-2-9)8-11-3-5-12-13-6-4-11/h1-8,10H2. The minimum atomic E-state index is 0.527. The van der Waals surface area contributed by atoms with Crippen LogP contribution in [0.2, 0.25) is 0 Å². The summed E-state index contributed by atoms with van der Waals surface area (Å²) in [5.41, 5.74) is 6.32. The number of nitrogens with two attached hydrogens (primary N) is 1. The van der Waals surface area contributed by atoms with Crippen LogP contribution in [0.15, 0.2) is 0 Å². The number of rotatable bonds is 3. The molecule has 76 valence electrons. The van der Waals surface area contributed by atoms with Crippen LogP contribution in [0.3, 0.4) is 0 Å². The average molecular weight is 218 g/mol. The fourth-order valence-electron chi connectivity index (χ4n) is 1.80. The van der Waals surface area contributed by atoms with E-state index in [1.807, 2.05) is 21.6 Å². The molecule has 0 aromatic carbocycles. The summed E-state index contributed by atoms with van der Waals surface area (Å²) in [6, 6.07) is 0. The maximum absolute atomic E-state index is 5.79. The topological polar surface area (TPSA) is 29.3 Å². The van der Waals surface area contributed by atoms with Crippen molar-refractivity contribution in [1.82, 2.24) is 4.90 Å². The Kier molecular flexibility index (Phi) is 3.46. The first-order chi connectivity index (χ1) is 6.35. The third kappa shape index (κ3) is 2.78. The Morgan fingerprint density at radius 3 is 2.23 bits per heavy atom. The lowest BCUT2D eigenvalue weighted by atomic mass is 10.1. The molecule has 0 aromatic rings. The van der Waals surface area contributed by atoms with Crippen molar-refractivity contribution in [3.8, 4) is 0 Å². The lowest BCUT2D eigenvalue weighted by Crippen LogP contribution is -2.36. The molecule has 1 saturated carbocycles. The average Bonchev–Trinajstić information content (AvgIpc) is 2.92. The quantitative estimate of drug-likeness (QED) is 0.726. The summed E-state index contributed by atoms with van der Waals surface area (Å²) in [6.45, 7) is 4.67. The van der Waals surface area contributed by atoms with Crippen LogP contribution in [0.4, 0.5) is 0 Å². The van der Waals surface area contributed by atoms with Gasteiger partial charge in [0.05, 0.1) is 0 Å². The van der Waals surface area contributed by atoms with Gasteiger partial charge in [0.2, 0.25) is 0 Å². The van der Waals surface area contributed by atoms with Crippen molar-refractivity contribution < 1.29 is 0 Å². The summed E-state index contributed by atoms with van der Waals surface area (Å²) in [4.78, 5) is 2.60. The van der Waals surface area contributed by atoms with E-state index in [1.54, 1.807) is 0 Å². The zero-order valence-electron chi connectivity index (χ0n) is 8.00. The molecule has 0 spiro atoms. The molecular weight excluding hydrogens is 200 g/mol. The smallest absolute Gasteiger partial charge is 0.0165 e. The van der Waals surface area contributed by atoms with Crippen molar-refractivity contribution in [3.05, 3.63) is 0 Å². The highest BCUT2D eigenvalue weighted by molar-refractivity contribution is 8.76. The first-order valence-corrected chi connectivity index (χ1v) is 7.50. The van der Waals surface area contributed by atoms with Crippen LogP contribution < -0.4 is 5.73 Å². The van der Waals surface area contributed by atoms with Crippen LogP contribution in [0, 0.1) is 5.41 Å². The van der Waals surface area contributed by atoms with Crippen molar-refractivity contribution in [1.29, 1.82) is 0 Å². The summed E-state index contributed by atoms with van der Waals surface area (Å²) >= 11 is 0. The summed E-state index contributed by atoms with van der Waals surface area (Å²) < 4.78 is 0. The van der Waals surface area contributed by atoms with Gasteiger partial charge in [-0.2, -0.15) is 0 Å². The molecule has 2 rings (SSSR count). The van der Waals surface area contributed by atoms with Crippen molar-refractivity contribution in [2.75, 3.05) is 37.7 Å². The first-order valence-electron chi connectivity index (χ1n) is 5.02. The van der Waals surface area contributed by atoms with Gasteiger partial charge in [-0.1, -0.05) is 21.6 Å². The summed E-state index contributed by atoms with van der Waals surface area (Å²) in [6.07, 6.45) is 2.72. The predicted octanol–water partition coefficient (Wildman–Crippen LogP) is 1.42. The Morgan fingerprint density at radius 1 is 1.15 bits per heavy atom. The Morgan fingerprint density at radius 2 is 1.77 bits per heavy atom. The SMILES string of the molecule is NCC1(CN2CCSSCC2)CC1. The second-order valence-corrected chi connectivity index (χ2v) is 6.83. The highest BCUT2D eigenvalue weighted by atomic mass is 33.1. The van der Waals surface area contributed by atoms with Crippen LogP contribution in [0.1, 0.15) is 12.8 Å². The maximum Gasteiger partial charge on any atom is 0.0165 e. The molecule has 2 N–H and O–H groups in total.